The highest BCUT2D eigenvalue weighted by Crippen LogP contribution is 2.08. The second-order valence-electron chi connectivity index (χ2n) is 6.91. The summed E-state index contributed by atoms with van der Waals surface area (Å²) in [5, 5.41) is 2.45. The molecule has 0 aliphatic rings. The number of esters is 2. The molecule has 2 rings (SSSR count). The summed E-state index contributed by atoms with van der Waals surface area (Å²) in [6.07, 6.45) is -1.35. The largest absolute Gasteiger partial charge is 0.466 e. The molecular formula is C24H27NO7. The van der Waals surface area contributed by atoms with Crippen molar-refractivity contribution in [1.29, 1.82) is 0 Å². The number of carbonyl (C=O) groups excluding carboxylic acids is 4. The molecule has 32 heavy (non-hydrogen) atoms. The zero-order valence-corrected chi connectivity index (χ0v) is 18.0. The number of carbonyl (C=O) groups is 4. The van der Waals surface area contributed by atoms with E-state index in [0.29, 0.717) is 0 Å². The van der Waals surface area contributed by atoms with Crippen molar-refractivity contribution < 1.29 is 33.4 Å². The van der Waals surface area contributed by atoms with E-state index in [-0.39, 0.29) is 32.7 Å². The number of benzene rings is 2. The normalized spacial score (nSPS) is 11.2. The minimum absolute atomic E-state index is 0.0215. The Balaban J connectivity index is 1.92. The molecular weight excluding hydrogens is 414 g/mol. The predicted molar refractivity (Wildman–Crippen MR) is 115 cm³/mol. The van der Waals surface area contributed by atoms with Gasteiger partial charge in [0.15, 0.2) is 0 Å². The van der Waals surface area contributed by atoms with Crippen molar-refractivity contribution >= 4 is 23.8 Å². The van der Waals surface area contributed by atoms with Crippen molar-refractivity contribution in [1.82, 2.24) is 5.32 Å². The maximum Gasteiger partial charge on any atom is 0.408 e. The number of hydrogen-bond acceptors (Lipinski definition) is 7. The zero-order valence-electron chi connectivity index (χ0n) is 18.0. The number of Topliss-reactive ketones (excluding diaryl/α,β-unsaturated/α-hetero) is 1. The van der Waals surface area contributed by atoms with E-state index in [4.69, 9.17) is 14.2 Å². The maximum absolute atomic E-state index is 12.6. The minimum atomic E-state index is -1.10. The molecule has 2 aromatic rings. The van der Waals surface area contributed by atoms with E-state index in [0.717, 1.165) is 11.1 Å². The number of nitrogens with one attached hydrogen (secondary N) is 1. The number of ether oxygens (including phenoxy) is 3. The molecule has 0 spiro atoms. The minimum Gasteiger partial charge on any atom is -0.466 e. The zero-order chi connectivity index (χ0) is 23.2. The van der Waals surface area contributed by atoms with Gasteiger partial charge in [-0.15, -0.1) is 0 Å². The summed E-state index contributed by atoms with van der Waals surface area (Å²) in [6, 6.07) is 17.0. The fourth-order valence-electron chi connectivity index (χ4n) is 2.75. The number of hydrogen-bond donors (Lipinski definition) is 1. The van der Waals surface area contributed by atoms with E-state index < -0.39 is 36.3 Å². The highest BCUT2D eigenvalue weighted by molar-refractivity contribution is 5.95. The average Bonchev–Trinajstić information content (AvgIpc) is 2.80. The smallest absolute Gasteiger partial charge is 0.408 e. The lowest BCUT2D eigenvalue weighted by atomic mass is 10.1. The van der Waals surface area contributed by atoms with Crippen LogP contribution in [0.4, 0.5) is 4.79 Å². The molecule has 0 aromatic heterocycles. The molecule has 0 unspecified atom stereocenters. The van der Waals surface area contributed by atoms with Crippen molar-refractivity contribution in [2.24, 2.45) is 0 Å². The summed E-state index contributed by atoms with van der Waals surface area (Å²) < 4.78 is 15.2. The third-order valence-corrected chi connectivity index (χ3v) is 4.37. The first-order valence-corrected chi connectivity index (χ1v) is 10.3. The Bertz CT molecular complexity index is 884. The van der Waals surface area contributed by atoms with Gasteiger partial charge in [0.2, 0.25) is 0 Å². The number of ketones is 1. The van der Waals surface area contributed by atoms with Gasteiger partial charge in [-0.1, -0.05) is 60.7 Å². The summed E-state index contributed by atoms with van der Waals surface area (Å²) in [6.45, 7) is 1.87. The van der Waals surface area contributed by atoms with Crippen LogP contribution >= 0.6 is 0 Å². The monoisotopic (exact) mass is 441 g/mol. The van der Waals surface area contributed by atoms with Gasteiger partial charge in [0.1, 0.15) is 31.5 Å². The van der Waals surface area contributed by atoms with Crippen LogP contribution in [0.2, 0.25) is 0 Å². The van der Waals surface area contributed by atoms with Gasteiger partial charge in [-0.2, -0.15) is 0 Å². The molecule has 8 nitrogen and oxygen atoms in total. The van der Waals surface area contributed by atoms with Crippen molar-refractivity contribution in [3.63, 3.8) is 0 Å². The maximum atomic E-state index is 12.6. The molecule has 0 radical (unpaired) electrons. The van der Waals surface area contributed by atoms with Crippen LogP contribution in [0.15, 0.2) is 60.7 Å². The van der Waals surface area contributed by atoms with E-state index in [1.807, 2.05) is 36.4 Å². The first-order valence-electron chi connectivity index (χ1n) is 10.3. The lowest BCUT2D eigenvalue weighted by Gasteiger charge is -2.17. The van der Waals surface area contributed by atoms with E-state index in [9.17, 15) is 19.2 Å². The van der Waals surface area contributed by atoms with Gasteiger partial charge >= 0.3 is 18.0 Å². The molecule has 0 heterocycles. The summed E-state index contributed by atoms with van der Waals surface area (Å²) in [5.41, 5.74) is 1.57. The lowest BCUT2D eigenvalue weighted by Crippen LogP contribution is -2.42. The van der Waals surface area contributed by atoms with Gasteiger partial charge in [0, 0.05) is 6.42 Å². The fourth-order valence-corrected chi connectivity index (χ4v) is 2.75. The number of rotatable bonds is 12. The van der Waals surface area contributed by atoms with E-state index >= 15 is 0 Å². The highest BCUT2D eigenvalue weighted by atomic mass is 16.6. The van der Waals surface area contributed by atoms with Crippen molar-refractivity contribution in [3.05, 3.63) is 71.8 Å². The van der Waals surface area contributed by atoms with Gasteiger partial charge in [-0.3, -0.25) is 9.59 Å². The topological polar surface area (TPSA) is 108 Å². The third kappa shape index (κ3) is 9.42. The number of amides is 1. The Kier molecular flexibility index (Phi) is 10.4. The Morgan fingerprint density at radius 3 is 1.94 bits per heavy atom. The van der Waals surface area contributed by atoms with Crippen molar-refractivity contribution in [2.45, 2.75) is 45.4 Å². The molecule has 0 saturated carbocycles. The Hall–Kier alpha value is -3.68. The van der Waals surface area contributed by atoms with Gasteiger partial charge in [0.25, 0.3) is 0 Å². The second kappa shape index (κ2) is 13.6. The SMILES string of the molecule is CCOC(=O)CC(=O)CC[C@H](NC(=O)OCc1ccccc1)C(=O)OCc1ccccc1. The predicted octanol–water partition coefficient (Wildman–Crippen LogP) is 3.33. The lowest BCUT2D eigenvalue weighted by molar-refractivity contribution is -0.147. The molecule has 2 aromatic carbocycles. The Labute approximate surface area is 186 Å². The van der Waals surface area contributed by atoms with Crippen LogP contribution in [0, 0.1) is 0 Å². The van der Waals surface area contributed by atoms with Crippen LogP contribution in [-0.4, -0.2) is 36.5 Å². The van der Waals surface area contributed by atoms with Gasteiger partial charge in [-0.05, 0) is 24.5 Å². The third-order valence-electron chi connectivity index (χ3n) is 4.37. The van der Waals surface area contributed by atoms with Crippen LogP contribution in [0.25, 0.3) is 0 Å². The highest BCUT2D eigenvalue weighted by Gasteiger charge is 2.25. The molecule has 0 saturated heterocycles. The molecule has 1 N–H and O–H groups in total. The molecule has 0 bridgehead atoms. The molecule has 0 aliphatic carbocycles. The Morgan fingerprint density at radius 2 is 1.38 bits per heavy atom. The molecule has 1 atom stereocenters. The summed E-state index contributed by atoms with van der Waals surface area (Å²) in [7, 11) is 0. The molecule has 8 heteroatoms. The van der Waals surface area contributed by atoms with E-state index in [2.05, 4.69) is 5.32 Å². The van der Waals surface area contributed by atoms with Crippen LogP contribution in [0.1, 0.15) is 37.3 Å². The van der Waals surface area contributed by atoms with Gasteiger partial charge in [-0.25, -0.2) is 9.59 Å². The number of alkyl carbamates (subject to hydrolysis) is 1. The van der Waals surface area contributed by atoms with Gasteiger partial charge in [0.05, 0.1) is 6.61 Å². The Morgan fingerprint density at radius 1 is 0.812 bits per heavy atom. The average molecular weight is 441 g/mol. The van der Waals surface area contributed by atoms with Crippen molar-refractivity contribution in [2.75, 3.05) is 6.61 Å². The first kappa shape index (κ1) is 24.6. The van der Waals surface area contributed by atoms with Crippen LogP contribution in [-0.2, 0) is 41.8 Å². The molecule has 1 amide bonds. The fraction of sp³-hybridized carbons (Fsp3) is 0.333. The van der Waals surface area contributed by atoms with Crippen LogP contribution in [0.3, 0.4) is 0 Å². The molecule has 0 aliphatic heterocycles. The van der Waals surface area contributed by atoms with Crippen molar-refractivity contribution in [3.8, 4) is 0 Å². The standard InChI is InChI=1S/C24H27NO7/c1-2-30-22(27)15-20(26)13-14-21(23(28)31-16-18-9-5-3-6-10-18)25-24(29)32-17-19-11-7-4-8-12-19/h3-12,21H,2,13-17H2,1H3,(H,25,29)/t21-/m0/s1. The van der Waals surface area contributed by atoms with E-state index in [1.165, 1.54) is 0 Å². The quantitative estimate of drug-likeness (QED) is 0.306. The molecule has 170 valence electrons. The second-order valence-corrected chi connectivity index (χ2v) is 6.91. The van der Waals surface area contributed by atoms with Crippen LogP contribution < -0.4 is 5.32 Å². The van der Waals surface area contributed by atoms with E-state index in [1.54, 1.807) is 31.2 Å². The first-order chi connectivity index (χ1) is 15.5. The molecule has 0 fully saturated rings. The summed E-state index contributed by atoms with van der Waals surface area (Å²) in [4.78, 5) is 48.3. The van der Waals surface area contributed by atoms with Crippen LogP contribution in [0.5, 0.6) is 0 Å². The summed E-state index contributed by atoms with van der Waals surface area (Å²) >= 11 is 0. The van der Waals surface area contributed by atoms with Gasteiger partial charge < -0.3 is 19.5 Å². The summed E-state index contributed by atoms with van der Waals surface area (Å²) in [5.74, 6) is -1.73.